The van der Waals surface area contributed by atoms with Gasteiger partial charge in [-0.25, -0.2) is 9.98 Å². The molecule has 1 aromatic carbocycles. The van der Waals surface area contributed by atoms with Gasteiger partial charge in [-0.3, -0.25) is 0 Å². The number of nitrogens with zero attached hydrogens (tertiary/aromatic N) is 3. The molecule has 4 rings (SSSR count). The maximum Gasteiger partial charge on any atom is 0.191 e. The summed E-state index contributed by atoms with van der Waals surface area (Å²) in [6.07, 6.45) is 9.90. The van der Waals surface area contributed by atoms with Crippen LogP contribution in [-0.2, 0) is 17.8 Å². The molecule has 7 heteroatoms. The van der Waals surface area contributed by atoms with Crippen LogP contribution in [0.5, 0.6) is 0 Å². The second kappa shape index (κ2) is 9.54. The number of aliphatic imine (C=N–C) groups is 1. The molecule has 2 aliphatic rings. The zero-order chi connectivity index (χ0) is 17.8. The van der Waals surface area contributed by atoms with Crippen molar-refractivity contribution in [2.24, 2.45) is 4.99 Å². The number of hydrogen-bond acceptors (Lipinski definition) is 3. The summed E-state index contributed by atoms with van der Waals surface area (Å²) < 4.78 is 8.00. The SMILES string of the molecule is CCNC(=NCc1ccc(Cn2ccnc2)cc1)NC1CC2CCC1O2.I. The van der Waals surface area contributed by atoms with Crippen LogP contribution in [0.2, 0.25) is 0 Å². The summed E-state index contributed by atoms with van der Waals surface area (Å²) in [5.41, 5.74) is 2.47. The smallest absolute Gasteiger partial charge is 0.191 e. The van der Waals surface area contributed by atoms with Crippen molar-refractivity contribution in [3.63, 3.8) is 0 Å². The first-order chi connectivity index (χ1) is 12.8. The molecule has 0 saturated carbocycles. The van der Waals surface area contributed by atoms with Crippen LogP contribution in [0.3, 0.4) is 0 Å². The first-order valence-electron chi connectivity index (χ1n) is 9.54. The van der Waals surface area contributed by atoms with Crippen molar-refractivity contribution in [2.75, 3.05) is 6.54 Å². The molecule has 2 aliphatic heterocycles. The molecule has 1 aromatic heterocycles. The number of benzene rings is 1. The summed E-state index contributed by atoms with van der Waals surface area (Å²) in [4.78, 5) is 8.84. The highest BCUT2D eigenvalue weighted by Gasteiger charge is 2.41. The average molecular weight is 481 g/mol. The number of guanidine groups is 1. The Morgan fingerprint density at radius 3 is 2.70 bits per heavy atom. The van der Waals surface area contributed by atoms with E-state index in [4.69, 9.17) is 9.73 Å². The van der Waals surface area contributed by atoms with E-state index >= 15 is 0 Å². The first-order valence-corrected chi connectivity index (χ1v) is 9.54. The minimum atomic E-state index is 0. The summed E-state index contributed by atoms with van der Waals surface area (Å²) >= 11 is 0. The number of nitrogens with one attached hydrogen (secondary N) is 2. The van der Waals surface area contributed by atoms with E-state index in [1.807, 2.05) is 12.5 Å². The van der Waals surface area contributed by atoms with Crippen LogP contribution in [0.15, 0.2) is 48.0 Å². The zero-order valence-electron chi connectivity index (χ0n) is 15.7. The molecule has 0 amide bonds. The molecule has 0 radical (unpaired) electrons. The molecule has 2 saturated heterocycles. The topological polar surface area (TPSA) is 63.5 Å². The summed E-state index contributed by atoms with van der Waals surface area (Å²) in [7, 11) is 0. The second-order valence-electron chi connectivity index (χ2n) is 7.11. The lowest BCUT2D eigenvalue weighted by Crippen LogP contribution is -2.47. The lowest BCUT2D eigenvalue weighted by Gasteiger charge is -2.22. The van der Waals surface area contributed by atoms with Gasteiger partial charge in [0, 0.05) is 25.5 Å². The van der Waals surface area contributed by atoms with Crippen LogP contribution < -0.4 is 10.6 Å². The Morgan fingerprint density at radius 2 is 2.07 bits per heavy atom. The van der Waals surface area contributed by atoms with Crippen LogP contribution >= 0.6 is 24.0 Å². The Kier molecular flexibility index (Phi) is 7.12. The number of halogens is 1. The van der Waals surface area contributed by atoms with Crippen molar-refractivity contribution in [3.8, 4) is 0 Å². The number of ether oxygens (including phenoxy) is 1. The molecule has 146 valence electrons. The minimum Gasteiger partial charge on any atom is -0.373 e. The maximum absolute atomic E-state index is 5.93. The van der Waals surface area contributed by atoms with Gasteiger partial charge >= 0.3 is 0 Å². The van der Waals surface area contributed by atoms with Gasteiger partial charge in [-0.1, -0.05) is 24.3 Å². The van der Waals surface area contributed by atoms with Crippen LogP contribution in [0.1, 0.15) is 37.3 Å². The molecular weight excluding hydrogens is 453 g/mol. The summed E-state index contributed by atoms with van der Waals surface area (Å²) in [5.74, 6) is 0.885. The third kappa shape index (κ3) is 5.22. The fourth-order valence-corrected chi connectivity index (χ4v) is 3.80. The molecule has 2 bridgehead atoms. The highest BCUT2D eigenvalue weighted by Crippen LogP contribution is 2.34. The molecule has 2 fully saturated rings. The molecule has 3 unspecified atom stereocenters. The predicted molar refractivity (Wildman–Crippen MR) is 117 cm³/mol. The van der Waals surface area contributed by atoms with Gasteiger partial charge in [0.05, 0.1) is 31.1 Å². The van der Waals surface area contributed by atoms with Crippen LogP contribution in [0.25, 0.3) is 0 Å². The Labute approximate surface area is 177 Å². The van der Waals surface area contributed by atoms with Crippen LogP contribution in [-0.4, -0.2) is 40.3 Å². The average Bonchev–Trinajstić information content (AvgIpc) is 3.39. The number of imidazole rings is 1. The van der Waals surface area contributed by atoms with Crippen molar-refractivity contribution < 1.29 is 4.74 Å². The Hall–Kier alpha value is -1.61. The van der Waals surface area contributed by atoms with Crippen molar-refractivity contribution >= 4 is 29.9 Å². The predicted octanol–water partition coefficient (Wildman–Crippen LogP) is 2.92. The fourth-order valence-electron chi connectivity index (χ4n) is 3.80. The molecule has 27 heavy (non-hydrogen) atoms. The Morgan fingerprint density at radius 1 is 1.26 bits per heavy atom. The lowest BCUT2D eigenvalue weighted by atomic mass is 9.96. The third-order valence-electron chi connectivity index (χ3n) is 5.14. The third-order valence-corrected chi connectivity index (χ3v) is 5.14. The van der Waals surface area contributed by atoms with Crippen molar-refractivity contribution in [1.82, 2.24) is 20.2 Å². The van der Waals surface area contributed by atoms with E-state index in [-0.39, 0.29) is 24.0 Å². The molecule has 0 aliphatic carbocycles. The Balaban J connectivity index is 0.00000210. The Bertz CT molecular complexity index is 731. The first kappa shape index (κ1) is 20.1. The van der Waals surface area contributed by atoms with E-state index in [0.717, 1.165) is 25.5 Å². The minimum absolute atomic E-state index is 0. The standard InChI is InChI=1S/C20H27N5O.HI/c1-2-22-20(24-18-11-17-7-8-19(18)26-17)23-12-15-3-5-16(6-4-15)13-25-10-9-21-14-25;/h3-6,9-10,14,17-19H,2,7-8,11-13H2,1H3,(H2,22,23,24);1H. The van der Waals surface area contributed by atoms with Gasteiger partial charge in [0.15, 0.2) is 5.96 Å². The lowest BCUT2D eigenvalue weighted by molar-refractivity contribution is 0.0992. The van der Waals surface area contributed by atoms with Crippen molar-refractivity contribution in [1.29, 1.82) is 0 Å². The molecule has 3 heterocycles. The number of aromatic nitrogens is 2. The van der Waals surface area contributed by atoms with E-state index in [2.05, 4.69) is 51.4 Å². The van der Waals surface area contributed by atoms with Gasteiger partial charge in [-0.05, 0) is 37.3 Å². The van der Waals surface area contributed by atoms with E-state index in [0.29, 0.717) is 24.8 Å². The second-order valence-corrected chi connectivity index (χ2v) is 7.11. The van der Waals surface area contributed by atoms with Crippen molar-refractivity contribution in [3.05, 3.63) is 54.1 Å². The summed E-state index contributed by atoms with van der Waals surface area (Å²) in [6, 6.07) is 9.02. The van der Waals surface area contributed by atoms with Crippen LogP contribution in [0, 0.1) is 0 Å². The zero-order valence-corrected chi connectivity index (χ0v) is 18.0. The van der Waals surface area contributed by atoms with Gasteiger partial charge in [-0.2, -0.15) is 0 Å². The van der Waals surface area contributed by atoms with Gasteiger partial charge in [0.2, 0.25) is 0 Å². The van der Waals surface area contributed by atoms with Gasteiger partial charge in [0.25, 0.3) is 0 Å². The van der Waals surface area contributed by atoms with E-state index in [1.54, 1.807) is 6.20 Å². The normalized spacial score (nSPS) is 23.9. The van der Waals surface area contributed by atoms with E-state index < -0.39 is 0 Å². The highest BCUT2D eigenvalue weighted by molar-refractivity contribution is 14.0. The van der Waals surface area contributed by atoms with Gasteiger partial charge in [0.1, 0.15) is 0 Å². The maximum atomic E-state index is 5.93. The summed E-state index contributed by atoms with van der Waals surface area (Å²) in [6.45, 7) is 4.47. The monoisotopic (exact) mass is 481 g/mol. The molecule has 3 atom stereocenters. The van der Waals surface area contributed by atoms with Crippen LogP contribution in [0.4, 0.5) is 0 Å². The number of hydrogen-bond donors (Lipinski definition) is 2. The molecule has 2 aromatic rings. The van der Waals surface area contributed by atoms with Gasteiger partial charge < -0.3 is 19.9 Å². The largest absolute Gasteiger partial charge is 0.373 e. The van der Waals surface area contributed by atoms with E-state index in [9.17, 15) is 0 Å². The summed E-state index contributed by atoms with van der Waals surface area (Å²) in [5, 5.41) is 6.92. The molecule has 0 spiro atoms. The van der Waals surface area contributed by atoms with Crippen molar-refractivity contribution in [2.45, 2.75) is 57.5 Å². The molecule has 6 nitrogen and oxygen atoms in total. The fraction of sp³-hybridized carbons (Fsp3) is 0.500. The van der Waals surface area contributed by atoms with E-state index in [1.165, 1.54) is 24.0 Å². The number of rotatable bonds is 6. The molecular formula is C20H28IN5O. The van der Waals surface area contributed by atoms with Gasteiger partial charge in [-0.15, -0.1) is 24.0 Å². The highest BCUT2D eigenvalue weighted by atomic mass is 127. The number of fused-ring (bicyclic) bond motifs is 2. The quantitative estimate of drug-likeness (QED) is 0.379. The molecule has 2 N–H and O–H groups in total.